The van der Waals surface area contributed by atoms with Gasteiger partial charge in [0.05, 0.1) is 5.56 Å². The fraction of sp³-hybridized carbons (Fsp3) is 0.423. The van der Waals surface area contributed by atoms with Gasteiger partial charge in [-0.3, -0.25) is 4.79 Å². The average Bonchev–Trinajstić information content (AvgIpc) is 3.21. The first-order valence-corrected chi connectivity index (χ1v) is 11.2. The van der Waals surface area contributed by atoms with Crippen molar-refractivity contribution in [1.29, 1.82) is 0 Å². The summed E-state index contributed by atoms with van der Waals surface area (Å²) in [6, 6.07) is 5.42. The van der Waals surface area contributed by atoms with E-state index in [4.69, 9.17) is 0 Å². The summed E-state index contributed by atoms with van der Waals surface area (Å²) in [6.07, 6.45) is 10.9. The highest BCUT2D eigenvalue weighted by molar-refractivity contribution is 5.88. The fourth-order valence-electron chi connectivity index (χ4n) is 4.37. The molecule has 6 heteroatoms. The number of nitrogens with one attached hydrogen (secondary N) is 1. The van der Waals surface area contributed by atoms with E-state index in [1.807, 2.05) is 37.3 Å². The topological polar surface area (TPSA) is 32.3 Å². The second kappa shape index (κ2) is 10.7. The molecule has 1 heterocycles. The number of amides is 1. The maximum Gasteiger partial charge on any atom is 0.416 e. The van der Waals surface area contributed by atoms with Gasteiger partial charge in [-0.15, -0.1) is 0 Å². The van der Waals surface area contributed by atoms with Crippen molar-refractivity contribution in [2.45, 2.75) is 32.9 Å². The molecular weight excluding hydrogens is 413 g/mol. The van der Waals surface area contributed by atoms with Crippen LogP contribution in [0.1, 0.15) is 32.3 Å². The average molecular weight is 445 g/mol. The second-order valence-corrected chi connectivity index (χ2v) is 8.36. The Bertz CT molecular complexity index is 885. The monoisotopic (exact) mass is 444 g/mol. The van der Waals surface area contributed by atoms with Gasteiger partial charge < -0.3 is 10.2 Å². The van der Waals surface area contributed by atoms with Crippen molar-refractivity contribution >= 4 is 11.6 Å². The molecule has 3 rings (SSSR count). The molecule has 172 valence electrons. The largest absolute Gasteiger partial charge is 0.416 e. The SMILES string of the molecule is C\C=C/C=C(\C=C\CC)/C=C/C(=O)NCCC1C2CN(c3ccc(C(F)(F)F)cc3)CC12. The van der Waals surface area contributed by atoms with Crippen LogP contribution in [0.2, 0.25) is 0 Å². The lowest BCUT2D eigenvalue weighted by Gasteiger charge is -2.22. The van der Waals surface area contributed by atoms with Crippen LogP contribution in [0.4, 0.5) is 18.9 Å². The first-order valence-electron chi connectivity index (χ1n) is 11.2. The zero-order valence-electron chi connectivity index (χ0n) is 18.6. The zero-order chi connectivity index (χ0) is 23.1. The Kier molecular flexibility index (Phi) is 7.99. The number of benzene rings is 1. The highest BCUT2D eigenvalue weighted by atomic mass is 19.4. The van der Waals surface area contributed by atoms with E-state index in [-0.39, 0.29) is 5.91 Å². The highest BCUT2D eigenvalue weighted by Crippen LogP contribution is 2.54. The molecule has 1 aromatic carbocycles. The molecule has 2 atom stereocenters. The van der Waals surface area contributed by atoms with Crippen molar-refractivity contribution in [3.8, 4) is 0 Å². The molecular formula is C26H31F3N2O. The number of anilines is 1. The van der Waals surface area contributed by atoms with E-state index >= 15 is 0 Å². The van der Waals surface area contributed by atoms with Crippen molar-refractivity contribution < 1.29 is 18.0 Å². The number of alkyl halides is 3. The lowest BCUT2D eigenvalue weighted by molar-refractivity contribution is -0.137. The van der Waals surface area contributed by atoms with E-state index in [0.717, 1.165) is 49.3 Å². The molecule has 0 bridgehead atoms. The molecule has 0 spiro atoms. The summed E-state index contributed by atoms with van der Waals surface area (Å²) in [4.78, 5) is 14.3. The molecule has 1 saturated heterocycles. The number of carbonyl (C=O) groups is 1. The van der Waals surface area contributed by atoms with Crippen LogP contribution in [-0.2, 0) is 11.0 Å². The smallest absolute Gasteiger partial charge is 0.371 e. The van der Waals surface area contributed by atoms with E-state index in [9.17, 15) is 18.0 Å². The Morgan fingerprint density at radius 3 is 2.41 bits per heavy atom. The lowest BCUT2D eigenvalue weighted by atomic mass is 10.1. The van der Waals surface area contributed by atoms with Gasteiger partial charge in [-0.2, -0.15) is 13.2 Å². The van der Waals surface area contributed by atoms with Gasteiger partial charge in [0.25, 0.3) is 0 Å². The minimum atomic E-state index is -4.30. The van der Waals surface area contributed by atoms with E-state index in [2.05, 4.69) is 23.2 Å². The molecule has 3 nitrogen and oxygen atoms in total. The summed E-state index contributed by atoms with van der Waals surface area (Å²) in [5.41, 5.74) is 1.21. The molecule has 1 aromatic rings. The normalized spacial score (nSPS) is 23.5. The molecule has 2 unspecified atom stereocenters. The van der Waals surface area contributed by atoms with Crippen LogP contribution in [0.15, 0.2) is 72.4 Å². The van der Waals surface area contributed by atoms with E-state index in [1.165, 1.54) is 0 Å². The predicted molar refractivity (Wildman–Crippen MR) is 123 cm³/mol. The van der Waals surface area contributed by atoms with Crippen LogP contribution >= 0.6 is 0 Å². The molecule has 0 radical (unpaired) electrons. The summed E-state index contributed by atoms with van der Waals surface area (Å²) in [6.45, 7) is 6.40. The number of hydrogen-bond acceptors (Lipinski definition) is 2. The van der Waals surface area contributed by atoms with E-state index < -0.39 is 11.7 Å². The van der Waals surface area contributed by atoms with Crippen molar-refractivity contribution in [3.63, 3.8) is 0 Å². The van der Waals surface area contributed by atoms with Gasteiger partial charge >= 0.3 is 6.18 Å². The number of nitrogens with zero attached hydrogens (tertiary/aromatic N) is 1. The van der Waals surface area contributed by atoms with Crippen LogP contribution in [-0.4, -0.2) is 25.5 Å². The summed E-state index contributed by atoms with van der Waals surface area (Å²) in [5, 5.41) is 2.96. The Morgan fingerprint density at radius 2 is 1.81 bits per heavy atom. The Labute approximate surface area is 188 Å². The Hall–Kier alpha value is -2.76. The highest BCUT2D eigenvalue weighted by Gasteiger charge is 2.54. The standard InChI is InChI=1S/C26H31F3N2O/c1-3-5-7-19(8-6-4-2)9-14-25(32)30-16-15-22-23-17-31(18-24(22)23)21-12-10-20(11-13-21)26(27,28)29/h3,5-14,22-24H,4,15-18H2,1-2H3,(H,30,32)/b5-3-,8-6+,14-9+,19-7+. The van der Waals surface area contributed by atoms with Crippen LogP contribution in [0.5, 0.6) is 0 Å². The molecule has 1 amide bonds. The van der Waals surface area contributed by atoms with Gasteiger partial charge in [-0.25, -0.2) is 0 Å². The Morgan fingerprint density at radius 1 is 1.12 bits per heavy atom. The van der Waals surface area contributed by atoms with Gasteiger partial charge in [-0.05, 0) is 73.4 Å². The number of piperidine rings is 1. The summed E-state index contributed by atoms with van der Waals surface area (Å²) >= 11 is 0. The molecule has 1 aliphatic heterocycles. The molecule has 0 aromatic heterocycles. The minimum Gasteiger partial charge on any atom is -0.371 e. The van der Waals surface area contributed by atoms with Crippen molar-refractivity contribution in [3.05, 3.63) is 77.9 Å². The van der Waals surface area contributed by atoms with Gasteiger partial charge in [0.1, 0.15) is 0 Å². The summed E-state index contributed by atoms with van der Waals surface area (Å²) < 4.78 is 38.2. The molecule has 1 N–H and O–H groups in total. The first-order chi connectivity index (χ1) is 15.3. The van der Waals surface area contributed by atoms with Crippen molar-refractivity contribution in [1.82, 2.24) is 5.32 Å². The zero-order valence-corrected chi connectivity index (χ0v) is 18.6. The van der Waals surface area contributed by atoms with E-state index in [1.54, 1.807) is 18.2 Å². The number of allylic oxidation sites excluding steroid dienone is 7. The maximum atomic E-state index is 12.7. The molecule has 2 aliphatic rings. The van der Waals surface area contributed by atoms with E-state index in [0.29, 0.717) is 24.3 Å². The first kappa shape index (κ1) is 23.9. The molecule has 1 saturated carbocycles. The molecule has 1 aliphatic carbocycles. The second-order valence-electron chi connectivity index (χ2n) is 8.36. The quantitative estimate of drug-likeness (QED) is 0.379. The number of rotatable bonds is 9. The van der Waals surface area contributed by atoms with Gasteiger partial charge in [0.15, 0.2) is 0 Å². The third kappa shape index (κ3) is 6.38. The number of fused-ring (bicyclic) bond motifs is 1. The van der Waals surface area contributed by atoms with Gasteiger partial charge in [-0.1, -0.05) is 37.3 Å². The fourth-order valence-corrected chi connectivity index (χ4v) is 4.37. The van der Waals surface area contributed by atoms with Gasteiger partial charge in [0.2, 0.25) is 5.91 Å². The summed E-state index contributed by atoms with van der Waals surface area (Å²) in [5.74, 6) is 1.62. The minimum absolute atomic E-state index is 0.0986. The Balaban J connectivity index is 1.39. The van der Waals surface area contributed by atoms with Crippen LogP contribution < -0.4 is 10.2 Å². The third-order valence-corrected chi connectivity index (χ3v) is 6.16. The number of carbonyl (C=O) groups excluding carboxylic acids is 1. The third-order valence-electron chi connectivity index (χ3n) is 6.16. The van der Waals surface area contributed by atoms with Crippen molar-refractivity contribution in [2.75, 3.05) is 24.5 Å². The van der Waals surface area contributed by atoms with Gasteiger partial charge in [0, 0.05) is 31.4 Å². The van der Waals surface area contributed by atoms with Crippen molar-refractivity contribution in [2.24, 2.45) is 17.8 Å². The van der Waals surface area contributed by atoms with Crippen LogP contribution in [0.25, 0.3) is 0 Å². The lowest BCUT2D eigenvalue weighted by Crippen LogP contribution is -2.26. The van der Waals surface area contributed by atoms with Crippen LogP contribution in [0.3, 0.4) is 0 Å². The molecule has 32 heavy (non-hydrogen) atoms. The molecule has 2 fully saturated rings. The summed E-state index contributed by atoms with van der Waals surface area (Å²) in [7, 11) is 0. The number of hydrogen-bond donors (Lipinski definition) is 1. The van der Waals surface area contributed by atoms with Crippen LogP contribution in [0, 0.1) is 17.8 Å². The number of halogens is 3. The maximum absolute atomic E-state index is 12.7. The predicted octanol–water partition coefficient (Wildman–Crippen LogP) is 5.92.